The molecule has 0 saturated carbocycles. The molecule has 0 aromatic rings. The largest absolute Gasteiger partial charge is 0.339 e. The van der Waals surface area contributed by atoms with Gasteiger partial charge in [-0.25, -0.2) is 0 Å². The van der Waals surface area contributed by atoms with E-state index < -0.39 is 0 Å². The van der Waals surface area contributed by atoms with Gasteiger partial charge in [-0.05, 0) is 18.3 Å². The first-order chi connectivity index (χ1) is 6.02. The predicted octanol–water partition coefficient (Wildman–Crippen LogP) is 2.29. The average Bonchev–Trinajstić information content (AvgIpc) is 2.32. The van der Waals surface area contributed by atoms with Crippen LogP contribution in [0.2, 0.25) is 0 Å². The van der Waals surface area contributed by atoms with Crippen LogP contribution in [0.15, 0.2) is 0 Å². The topological polar surface area (TPSA) is 20.3 Å². The van der Waals surface area contributed by atoms with Gasteiger partial charge in [0.15, 0.2) is 0 Å². The second-order valence-electron chi connectivity index (χ2n) is 4.79. The molecule has 1 aliphatic rings. The number of hydrogen-bond acceptors (Lipinski definition) is 1. The van der Waals surface area contributed by atoms with E-state index in [-0.39, 0.29) is 0 Å². The van der Waals surface area contributed by atoms with Crippen molar-refractivity contribution in [2.45, 2.75) is 46.6 Å². The van der Waals surface area contributed by atoms with Crippen LogP contribution in [0.25, 0.3) is 0 Å². The fourth-order valence-corrected chi connectivity index (χ4v) is 2.08. The minimum absolute atomic E-state index is 0.354. The van der Waals surface area contributed by atoms with Crippen LogP contribution in [0.1, 0.15) is 40.5 Å². The molecule has 0 bridgehead atoms. The summed E-state index contributed by atoms with van der Waals surface area (Å²) in [7, 11) is 0. The Kier molecular flexibility index (Phi) is 3.34. The molecular weight excluding hydrogens is 162 g/mol. The van der Waals surface area contributed by atoms with Crippen LogP contribution >= 0.6 is 0 Å². The number of rotatable bonds is 3. The van der Waals surface area contributed by atoms with E-state index in [4.69, 9.17) is 0 Å². The maximum absolute atomic E-state index is 11.6. The highest BCUT2D eigenvalue weighted by molar-refractivity contribution is 5.78. The van der Waals surface area contributed by atoms with Crippen molar-refractivity contribution >= 4 is 5.91 Å². The molecule has 1 heterocycles. The smallest absolute Gasteiger partial charge is 0.222 e. The van der Waals surface area contributed by atoms with Gasteiger partial charge in [0.2, 0.25) is 5.91 Å². The molecule has 0 N–H and O–H groups in total. The summed E-state index contributed by atoms with van der Waals surface area (Å²) in [5, 5.41) is 0. The Morgan fingerprint density at radius 2 is 2.00 bits per heavy atom. The Balaban J connectivity index is 2.60. The number of carbonyl (C=O) groups excluding carboxylic acids is 1. The van der Waals surface area contributed by atoms with E-state index in [9.17, 15) is 4.79 Å². The molecule has 0 aromatic carbocycles. The Hall–Kier alpha value is -0.530. The van der Waals surface area contributed by atoms with E-state index in [1.165, 1.54) is 0 Å². The lowest BCUT2D eigenvalue weighted by molar-refractivity contribution is -0.130. The quantitative estimate of drug-likeness (QED) is 0.657. The first-order valence-corrected chi connectivity index (χ1v) is 5.31. The molecule has 2 nitrogen and oxygen atoms in total. The summed E-state index contributed by atoms with van der Waals surface area (Å²) < 4.78 is 0. The van der Waals surface area contributed by atoms with E-state index in [2.05, 4.69) is 32.6 Å². The third kappa shape index (κ3) is 2.45. The molecule has 0 spiro atoms. The number of amides is 1. The SMILES string of the molecule is CC(C)CN1C(=O)CCC1C(C)C. The van der Waals surface area contributed by atoms with Crippen LogP contribution in [0.3, 0.4) is 0 Å². The molecule has 1 atom stereocenters. The van der Waals surface area contributed by atoms with Crippen molar-refractivity contribution in [1.82, 2.24) is 4.90 Å². The second kappa shape index (κ2) is 4.12. The maximum atomic E-state index is 11.6. The van der Waals surface area contributed by atoms with Gasteiger partial charge in [-0.15, -0.1) is 0 Å². The van der Waals surface area contributed by atoms with Gasteiger partial charge in [-0.2, -0.15) is 0 Å². The number of nitrogens with zero attached hydrogens (tertiary/aromatic N) is 1. The Bertz CT molecular complexity index is 187. The lowest BCUT2D eigenvalue weighted by Crippen LogP contribution is -2.38. The highest BCUT2D eigenvalue weighted by Gasteiger charge is 2.32. The Labute approximate surface area is 81.3 Å². The molecule has 1 saturated heterocycles. The van der Waals surface area contributed by atoms with Crippen LogP contribution in [0, 0.1) is 11.8 Å². The van der Waals surface area contributed by atoms with E-state index in [1.807, 2.05) is 0 Å². The zero-order chi connectivity index (χ0) is 10.0. The van der Waals surface area contributed by atoms with Gasteiger partial charge in [0.05, 0.1) is 0 Å². The third-order valence-electron chi connectivity index (χ3n) is 2.71. The summed E-state index contributed by atoms with van der Waals surface area (Å²) in [6.45, 7) is 9.68. The van der Waals surface area contributed by atoms with E-state index in [1.54, 1.807) is 0 Å². The first-order valence-electron chi connectivity index (χ1n) is 5.31. The minimum Gasteiger partial charge on any atom is -0.339 e. The number of likely N-dealkylation sites (tertiary alicyclic amines) is 1. The standard InChI is InChI=1S/C11H21NO/c1-8(2)7-12-10(9(3)4)5-6-11(12)13/h8-10H,5-7H2,1-4H3. The zero-order valence-electron chi connectivity index (χ0n) is 9.21. The van der Waals surface area contributed by atoms with Crippen LogP contribution in [-0.4, -0.2) is 23.4 Å². The van der Waals surface area contributed by atoms with Crippen molar-refractivity contribution in [2.75, 3.05) is 6.54 Å². The molecule has 0 aliphatic carbocycles. The lowest BCUT2D eigenvalue weighted by atomic mass is 10.0. The van der Waals surface area contributed by atoms with Gasteiger partial charge in [0.1, 0.15) is 0 Å². The molecule has 1 rings (SSSR count). The zero-order valence-corrected chi connectivity index (χ0v) is 9.21. The van der Waals surface area contributed by atoms with Gasteiger partial charge in [-0.1, -0.05) is 27.7 Å². The summed E-state index contributed by atoms with van der Waals surface area (Å²) in [6, 6.07) is 0.495. The third-order valence-corrected chi connectivity index (χ3v) is 2.71. The van der Waals surface area contributed by atoms with Crippen molar-refractivity contribution in [3.05, 3.63) is 0 Å². The summed E-state index contributed by atoms with van der Waals surface area (Å²) in [6.07, 6.45) is 1.82. The monoisotopic (exact) mass is 183 g/mol. The summed E-state index contributed by atoms with van der Waals surface area (Å²) in [5.41, 5.74) is 0. The molecule has 1 aliphatic heterocycles. The Morgan fingerprint density at radius 1 is 1.38 bits per heavy atom. The summed E-state index contributed by atoms with van der Waals surface area (Å²) in [5.74, 6) is 1.54. The summed E-state index contributed by atoms with van der Waals surface area (Å²) >= 11 is 0. The van der Waals surface area contributed by atoms with Crippen molar-refractivity contribution in [3.8, 4) is 0 Å². The Morgan fingerprint density at radius 3 is 2.46 bits per heavy atom. The summed E-state index contributed by atoms with van der Waals surface area (Å²) in [4.78, 5) is 13.6. The fourth-order valence-electron chi connectivity index (χ4n) is 2.08. The van der Waals surface area contributed by atoms with Gasteiger partial charge in [-0.3, -0.25) is 4.79 Å². The van der Waals surface area contributed by atoms with E-state index >= 15 is 0 Å². The van der Waals surface area contributed by atoms with Crippen LogP contribution in [0.4, 0.5) is 0 Å². The maximum Gasteiger partial charge on any atom is 0.222 e. The molecule has 0 radical (unpaired) electrons. The normalized spacial score (nSPS) is 23.7. The molecule has 1 amide bonds. The van der Waals surface area contributed by atoms with Gasteiger partial charge < -0.3 is 4.90 Å². The van der Waals surface area contributed by atoms with Crippen LogP contribution < -0.4 is 0 Å². The van der Waals surface area contributed by atoms with Crippen LogP contribution in [-0.2, 0) is 4.79 Å². The lowest BCUT2D eigenvalue weighted by Gasteiger charge is -2.29. The highest BCUT2D eigenvalue weighted by atomic mass is 16.2. The van der Waals surface area contributed by atoms with Crippen molar-refractivity contribution in [1.29, 1.82) is 0 Å². The molecule has 13 heavy (non-hydrogen) atoms. The predicted molar refractivity (Wildman–Crippen MR) is 54.4 cm³/mol. The number of carbonyl (C=O) groups is 1. The van der Waals surface area contributed by atoms with Crippen LogP contribution in [0.5, 0.6) is 0 Å². The van der Waals surface area contributed by atoms with E-state index in [0.717, 1.165) is 19.4 Å². The van der Waals surface area contributed by atoms with E-state index in [0.29, 0.717) is 23.8 Å². The molecule has 76 valence electrons. The van der Waals surface area contributed by atoms with Gasteiger partial charge in [0, 0.05) is 19.0 Å². The number of hydrogen-bond donors (Lipinski definition) is 0. The first kappa shape index (κ1) is 10.6. The minimum atomic E-state index is 0.354. The average molecular weight is 183 g/mol. The van der Waals surface area contributed by atoms with Gasteiger partial charge in [0.25, 0.3) is 0 Å². The molecular formula is C11H21NO. The second-order valence-corrected chi connectivity index (χ2v) is 4.79. The molecule has 0 aromatic heterocycles. The molecule has 1 fully saturated rings. The van der Waals surface area contributed by atoms with Crippen molar-refractivity contribution < 1.29 is 4.79 Å². The molecule has 2 heteroatoms. The highest BCUT2D eigenvalue weighted by Crippen LogP contribution is 2.25. The van der Waals surface area contributed by atoms with Gasteiger partial charge >= 0.3 is 0 Å². The molecule has 1 unspecified atom stereocenters. The van der Waals surface area contributed by atoms with Crippen molar-refractivity contribution in [2.24, 2.45) is 11.8 Å². The fraction of sp³-hybridized carbons (Fsp3) is 0.909. The van der Waals surface area contributed by atoms with Crippen molar-refractivity contribution in [3.63, 3.8) is 0 Å².